The van der Waals surface area contributed by atoms with E-state index in [1.807, 2.05) is 11.8 Å². The Morgan fingerprint density at radius 1 is 1.54 bits per heavy atom. The van der Waals surface area contributed by atoms with Crippen LogP contribution in [0.5, 0.6) is 0 Å². The second-order valence-corrected chi connectivity index (χ2v) is 5.53. The van der Waals surface area contributed by atoms with Crippen molar-refractivity contribution in [2.75, 3.05) is 5.75 Å². The van der Waals surface area contributed by atoms with Gasteiger partial charge in [-0.05, 0) is 18.3 Å². The number of aliphatic imine (C=N–C) groups is 1. The maximum atomic E-state index is 4.67. The molecule has 2 rings (SSSR count). The van der Waals surface area contributed by atoms with Gasteiger partial charge < -0.3 is 5.32 Å². The standard InChI is InChI=1S/C10H18N2S/c1-6(2)9-5-13-10(12-9)11-8-4-7(8)3/h6-9H,4-5H2,1-3H3,(H,11,12)/t7?,8?,9-/m1/s1. The molecule has 3 atom stereocenters. The molecule has 2 aliphatic rings. The summed E-state index contributed by atoms with van der Waals surface area (Å²) >= 11 is 1.89. The lowest BCUT2D eigenvalue weighted by Gasteiger charge is -2.07. The maximum Gasteiger partial charge on any atom is 0.157 e. The normalized spacial score (nSPS) is 37.8. The maximum absolute atomic E-state index is 4.67. The highest BCUT2D eigenvalue weighted by molar-refractivity contribution is 8.14. The molecular formula is C10H18N2S. The molecule has 1 aliphatic heterocycles. The van der Waals surface area contributed by atoms with Crippen LogP contribution in [0.2, 0.25) is 0 Å². The Morgan fingerprint density at radius 2 is 2.23 bits per heavy atom. The second kappa shape index (κ2) is 3.52. The highest BCUT2D eigenvalue weighted by Gasteiger charge is 2.34. The number of nitrogens with one attached hydrogen (secondary N) is 1. The fraction of sp³-hybridized carbons (Fsp3) is 0.900. The zero-order valence-corrected chi connectivity index (χ0v) is 9.40. The number of hydrogen-bond donors (Lipinski definition) is 1. The van der Waals surface area contributed by atoms with Gasteiger partial charge >= 0.3 is 0 Å². The Kier molecular flexibility index (Phi) is 2.54. The molecule has 0 saturated heterocycles. The van der Waals surface area contributed by atoms with E-state index >= 15 is 0 Å². The first-order valence-electron chi connectivity index (χ1n) is 5.14. The zero-order chi connectivity index (χ0) is 9.42. The Hall–Kier alpha value is -0.180. The molecule has 0 amide bonds. The van der Waals surface area contributed by atoms with Crippen molar-refractivity contribution in [1.29, 1.82) is 0 Å². The lowest BCUT2D eigenvalue weighted by atomic mass is 10.1. The summed E-state index contributed by atoms with van der Waals surface area (Å²) in [5.41, 5.74) is 0. The third-order valence-electron chi connectivity index (χ3n) is 2.86. The van der Waals surface area contributed by atoms with Crippen molar-refractivity contribution in [3.63, 3.8) is 0 Å². The number of hydrogen-bond acceptors (Lipinski definition) is 3. The monoisotopic (exact) mass is 198 g/mol. The number of rotatable bonds is 2. The average molecular weight is 198 g/mol. The molecule has 3 heteroatoms. The Balaban J connectivity index is 1.84. The minimum atomic E-state index is 0.543. The predicted octanol–water partition coefficient (Wildman–Crippen LogP) is 2.11. The van der Waals surface area contributed by atoms with Crippen LogP contribution in [0, 0.1) is 11.8 Å². The Labute approximate surface area is 84.6 Å². The summed E-state index contributed by atoms with van der Waals surface area (Å²) in [6.45, 7) is 6.78. The molecule has 0 aromatic heterocycles. The van der Waals surface area contributed by atoms with Gasteiger partial charge in [-0.2, -0.15) is 0 Å². The van der Waals surface area contributed by atoms with Crippen molar-refractivity contribution in [2.45, 2.75) is 39.3 Å². The van der Waals surface area contributed by atoms with E-state index in [4.69, 9.17) is 0 Å². The Morgan fingerprint density at radius 3 is 2.69 bits per heavy atom. The first kappa shape index (κ1) is 9.38. The molecule has 13 heavy (non-hydrogen) atoms. The highest BCUT2D eigenvalue weighted by Crippen LogP contribution is 2.31. The SMILES string of the molecule is CC1CC1NC1=N[C@@H](C(C)C)CS1. The van der Waals surface area contributed by atoms with Gasteiger partial charge in [-0.3, -0.25) is 4.99 Å². The van der Waals surface area contributed by atoms with Crippen LogP contribution in [0.4, 0.5) is 0 Å². The molecule has 2 unspecified atom stereocenters. The average Bonchev–Trinajstić information content (AvgIpc) is 2.61. The van der Waals surface area contributed by atoms with Gasteiger partial charge in [0.05, 0.1) is 6.04 Å². The fourth-order valence-corrected chi connectivity index (χ4v) is 2.72. The molecular weight excluding hydrogens is 180 g/mol. The topological polar surface area (TPSA) is 24.4 Å². The van der Waals surface area contributed by atoms with Gasteiger partial charge in [0.2, 0.25) is 0 Å². The van der Waals surface area contributed by atoms with Crippen molar-refractivity contribution >= 4 is 16.9 Å². The summed E-state index contributed by atoms with van der Waals surface area (Å²) in [5.74, 6) is 2.71. The molecule has 0 aromatic carbocycles. The van der Waals surface area contributed by atoms with Gasteiger partial charge in [-0.1, -0.05) is 32.5 Å². The van der Waals surface area contributed by atoms with Gasteiger partial charge in [-0.15, -0.1) is 0 Å². The molecule has 1 fully saturated rings. The highest BCUT2D eigenvalue weighted by atomic mass is 32.2. The van der Waals surface area contributed by atoms with E-state index < -0.39 is 0 Å². The molecule has 0 spiro atoms. The van der Waals surface area contributed by atoms with Crippen LogP contribution in [0.25, 0.3) is 0 Å². The van der Waals surface area contributed by atoms with E-state index in [1.165, 1.54) is 17.3 Å². The lowest BCUT2D eigenvalue weighted by molar-refractivity contribution is 0.542. The van der Waals surface area contributed by atoms with Crippen molar-refractivity contribution < 1.29 is 0 Å². The Bertz CT molecular complexity index is 225. The van der Waals surface area contributed by atoms with E-state index in [9.17, 15) is 0 Å². The molecule has 1 saturated carbocycles. The minimum absolute atomic E-state index is 0.543. The van der Waals surface area contributed by atoms with Gasteiger partial charge in [-0.25, -0.2) is 0 Å². The molecule has 74 valence electrons. The van der Waals surface area contributed by atoms with Gasteiger partial charge in [0, 0.05) is 11.8 Å². The minimum Gasteiger partial charge on any atom is -0.362 e. The number of thioether (sulfide) groups is 1. The van der Waals surface area contributed by atoms with Crippen LogP contribution in [0.1, 0.15) is 27.2 Å². The predicted molar refractivity (Wildman–Crippen MR) is 59.2 cm³/mol. The van der Waals surface area contributed by atoms with Crippen molar-refractivity contribution in [2.24, 2.45) is 16.8 Å². The van der Waals surface area contributed by atoms with Gasteiger partial charge in [0.15, 0.2) is 5.17 Å². The van der Waals surface area contributed by atoms with E-state index in [-0.39, 0.29) is 0 Å². The second-order valence-electron chi connectivity index (χ2n) is 4.52. The molecule has 1 N–H and O–H groups in total. The smallest absolute Gasteiger partial charge is 0.157 e. The van der Waals surface area contributed by atoms with Crippen LogP contribution >= 0.6 is 11.8 Å². The van der Waals surface area contributed by atoms with E-state index in [0.717, 1.165) is 12.0 Å². The van der Waals surface area contributed by atoms with Crippen molar-refractivity contribution in [3.8, 4) is 0 Å². The van der Waals surface area contributed by atoms with Gasteiger partial charge in [0.1, 0.15) is 0 Å². The quantitative estimate of drug-likeness (QED) is 0.735. The number of nitrogens with zero attached hydrogens (tertiary/aromatic N) is 1. The summed E-state index contributed by atoms with van der Waals surface area (Å²) in [4.78, 5) is 4.67. The van der Waals surface area contributed by atoms with Crippen LogP contribution in [-0.4, -0.2) is 23.0 Å². The van der Waals surface area contributed by atoms with E-state index in [1.54, 1.807) is 0 Å². The lowest BCUT2D eigenvalue weighted by Crippen LogP contribution is -2.22. The van der Waals surface area contributed by atoms with E-state index in [0.29, 0.717) is 12.0 Å². The molecule has 1 heterocycles. The van der Waals surface area contributed by atoms with Crippen LogP contribution in [0.15, 0.2) is 4.99 Å². The first-order valence-corrected chi connectivity index (χ1v) is 6.12. The molecule has 0 aromatic rings. The van der Waals surface area contributed by atoms with Crippen molar-refractivity contribution in [1.82, 2.24) is 5.32 Å². The summed E-state index contributed by atoms with van der Waals surface area (Å²) in [7, 11) is 0. The molecule has 0 bridgehead atoms. The molecule has 1 aliphatic carbocycles. The zero-order valence-electron chi connectivity index (χ0n) is 8.58. The third-order valence-corrected chi connectivity index (χ3v) is 3.87. The summed E-state index contributed by atoms with van der Waals surface area (Å²) in [6, 6.07) is 1.26. The van der Waals surface area contributed by atoms with Gasteiger partial charge in [0.25, 0.3) is 0 Å². The fourth-order valence-electron chi connectivity index (χ4n) is 1.49. The molecule has 0 radical (unpaired) electrons. The largest absolute Gasteiger partial charge is 0.362 e. The summed E-state index contributed by atoms with van der Waals surface area (Å²) in [5, 5.41) is 4.69. The van der Waals surface area contributed by atoms with Crippen LogP contribution < -0.4 is 5.32 Å². The third kappa shape index (κ3) is 2.19. The molecule has 2 nitrogen and oxygen atoms in total. The first-order chi connectivity index (χ1) is 6.16. The van der Waals surface area contributed by atoms with Crippen LogP contribution in [-0.2, 0) is 0 Å². The van der Waals surface area contributed by atoms with Crippen molar-refractivity contribution in [3.05, 3.63) is 0 Å². The van der Waals surface area contributed by atoms with Crippen LogP contribution in [0.3, 0.4) is 0 Å². The number of amidine groups is 1. The summed E-state index contributed by atoms with van der Waals surface area (Å²) < 4.78 is 0. The van der Waals surface area contributed by atoms with E-state index in [2.05, 4.69) is 31.1 Å². The summed E-state index contributed by atoms with van der Waals surface area (Å²) in [6.07, 6.45) is 1.33.